The lowest BCUT2D eigenvalue weighted by atomic mass is 10.3. The smallest absolute Gasteiger partial charge is 0.266 e. The lowest BCUT2D eigenvalue weighted by molar-refractivity contribution is -0.122. The first-order valence-corrected chi connectivity index (χ1v) is 9.42. The Balaban J connectivity index is 1.90. The summed E-state index contributed by atoms with van der Waals surface area (Å²) in [4.78, 5) is 20.0. The molecule has 0 spiro atoms. The number of thioether (sulfide) groups is 1. The van der Waals surface area contributed by atoms with Crippen molar-refractivity contribution in [1.82, 2.24) is 9.47 Å². The first kappa shape index (κ1) is 17.5. The summed E-state index contributed by atoms with van der Waals surface area (Å²) in [7, 11) is 0. The molecule has 0 unspecified atom stereocenters. The third kappa shape index (κ3) is 4.04. The molecule has 2 heterocycles. The van der Waals surface area contributed by atoms with Crippen LogP contribution in [0.25, 0.3) is 6.08 Å². The SMILES string of the molecule is CCCN1C(=O)/C(=C\c2ccn(C(C)C)c2)SC1=Nc1ccccc1. The van der Waals surface area contributed by atoms with Crippen LogP contribution in [0.3, 0.4) is 0 Å². The van der Waals surface area contributed by atoms with Gasteiger partial charge in [0.15, 0.2) is 5.17 Å². The van der Waals surface area contributed by atoms with Crippen molar-refractivity contribution in [3.63, 3.8) is 0 Å². The fourth-order valence-electron chi connectivity index (χ4n) is 2.61. The van der Waals surface area contributed by atoms with Gasteiger partial charge in [0.25, 0.3) is 5.91 Å². The highest BCUT2D eigenvalue weighted by Gasteiger charge is 2.32. The van der Waals surface area contributed by atoms with E-state index in [1.807, 2.05) is 48.7 Å². The third-order valence-corrected chi connectivity index (χ3v) is 4.95. The van der Waals surface area contributed by atoms with Gasteiger partial charge in [0.05, 0.1) is 10.6 Å². The Bertz CT molecular complexity index is 805. The number of benzene rings is 1. The average molecular weight is 353 g/mol. The highest BCUT2D eigenvalue weighted by atomic mass is 32.2. The molecule has 130 valence electrons. The van der Waals surface area contributed by atoms with Gasteiger partial charge in [-0.25, -0.2) is 4.99 Å². The number of hydrogen-bond donors (Lipinski definition) is 0. The number of nitrogens with zero attached hydrogens (tertiary/aromatic N) is 3. The zero-order valence-corrected chi connectivity index (χ0v) is 15.7. The van der Waals surface area contributed by atoms with Crippen LogP contribution in [0, 0.1) is 0 Å². The van der Waals surface area contributed by atoms with E-state index in [1.165, 1.54) is 11.8 Å². The van der Waals surface area contributed by atoms with Crippen LogP contribution in [-0.2, 0) is 4.79 Å². The van der Waals surface area contributed by atoms with E-state index in [0.29, 0.717) is 12.6 Å². The van der Waals surface area contributed by atoms with Crippen molar-refractivity contribution in [2.24, 2.45) is 4.99 Å². The van der Waals surface area contributed by atoms with Crippen LogP contribution in [0.4, 0.5) is 5.69 Å². The Morgan fingerprint density at radius 1 is 1.20 bits per heavy atom. The van der Waals surface area contributed by atoms with Crippen LogP contribution in [0.15, 0.2) is 58.7 Å². The zero-order valence-electron chi connectivity index (χ0n) is 14.8. The van der Waals surface area contributed by atoms with Gasteiger partial charge in [-0.2, -0.15) is 0 Å². The van der Waals surface area contributed by atoms with Gasteiger partial charge in [0.1, 0.15) is 0 Å². The van der Waals surface area contributed by atoms with Crippen LogP contribution in [0.1, 0.15) is 38.8 Å². The molecular weight excluding hydrogens is 330 g/mol. The highest BCUT2D eigenvalue weighted by Crippen LogP contribution is 2.34. The van der Waals surface area contributed by atoms with Gasteiger partial charge in [0, 0.05) is 25.0 Å². The minimum Gasteiger partial charge on any atom is -0.351 e. The van der Waals surface area contributed by atoms with Crippen LogP contribution >= 0.6 is 11.8 Å². The van der Waals surface area contributed by atoms with Crippen molar-refractivity contribution in [3.05, 3.63) is 59.3 Å². The first-order chi connectivity index (χ1) is 12.1. The number of hydrogen-bond acceptors (Lipinski definition) is 3. The number of aliphatic imine (C=N–C) groups is 1. The van der Waals surface area contributed by atoms with Gasteiger partial charge in [-0.1, -0.05) is 25.1 Å². The number of carbonyl (C=O) groups is 1. The zero-order chi connectivity index (χ0) is 17.8. The molecule has 25 heavy (non-hydrogen) atoms. The molecule has 1 amide bonds. The molecule has 0 bridgehead atoms. The lowest BCUT2D eigenvalue weighted by Crippen LogP contribution is -2.29. The molecule has 1 aliphatic rings. The fourth-order valence-corrected chi connectivity index (χ4v) is 3.64. The largest absolute Gasteiger partial charge is 0.351 e. The summed E-state index contributed by atoms with van der Waals surface area (Å²) in [6.45, 7) is 7.03. The van der Waals surface area contributed by atoms with Crippen LogP contribution in [0.2, 0.25) is 0 Å². The van der Waals surface area contributed by atoms with E-state index in [9.17, 15) is 4.79 Å². The van der Waals surface area contributed by atoms with E-state index >= 15 is 0 Å². The van der Waals surface area contributed by atoms with E-state index in [2.05, 4.69) is 36.5 Å². The molecular formula is C20H23N3OS. The second kappa shape index (κ2) is 7.74. The normalized spacial score (nSPS) is 18.1. The molecule has 0 aliphatic carbocycles. The molecule has 1 aromatic carbocycles. The quantitative estimate of drug-likeness (QED) is 0.703. The summed E-state index contributed by atoms with van der Waals surface area (Å²) >= 11 is 1.45. The molecule has 4 nitrogen and oxygen atoms in total. The van der Waals surface area contributed by atoms with E-state index in [-0.39, 0.29) is 5.91 Å². The van der Waals surface area contributed by atoms with Gasteiger partial charge >= 0.3 is 0 Å². The third-order valence-electron chi connectivity index (χ3n) is 3.95. The molecule has 0 saturated carbocycles. The predicted octanol–water partition coefficient (Wildman–Crippen LogP) is 5.08. The Kier molecular flexibility index (Phi) is 5.43. The molecule has 3 rings (SSSR count). The fraction of sp³-hybridized carbons (Fsp3) is 0.300. The van der Waals surface area contributed by atoms with E-state index in [4.69, 9.17) is 0 Å². The van der Waals surface area contributed by atoms with Crippen LogP contribution < -0.4 is 0 Å². The molecule has 1 saturated heterocycles. The predicted molar refractivity (Wildman–Crippen MR) is 106 cm³/mol. The van der Waals surface area contributed by atoms with E-state index < -0.39 is 0 Å². The number of carbonyl (C=O) groups excluding carboxylic acids is 1. The van der Waals surface area contributed by atoms with Crippen molar-refractivity contribution in [2.45, 2.75) is 33.2 Å². The van der Waals surface area contributed by atoms with Gasteiger partial charge in [-0.15, -0.1) is 0 Å². The Labute approximate surface area is 153 Å². The Morgan fingerprint density at radius 3 is 2.60 bits per heavy atom. The number of aromatic nitrogens is 1. The maximum absolute atomic E-state index is 12.8. The Morgan fingerprint density at radius 2 is 1.96 bits per heavy atom. The number of rotatable bonds is 5. The molecule has 1 aromatic heterocycles. The molecule has 0 radical (unpaired) electrons. The summed E-state index contributed by atoms with van der Waals surface area (Å²) < 4.78 is 2.14. The monoisotopic (exact) mass is 353 g/mol. The van der Waals surface area contributed by atoms with Crippen molar-refractivity contribution in [1.29, 1.82) is 0 Å². The number of para-hydroxylation sites is 1. The summed E-state index contributed by atoms with van der Waals surface area (Å²) in [5.41, 5.74) is 1.91. The summed E-state index contributed by atoms with van der Waals surface area (Å²) in [5, 5.41) is 0.757. The van der Waals surface area contributed by atoms with E-state index in [0.717, 1.165) is 27.7 Å². The molecule has 1 aliphatic heterocycles. The van der Waals surface area contributed by atoms with E-state index in [1.54, 1.807) is 4.90 Å². The number of amides is 1. The maximum Gasteiger partial charge on any atom is 0.266 e. The second-order valence-electron chi connectivity index (χ2n) is 6.28. The van der Waals surface area contributed by atoms with Crippen LogP contribution in [0.5, 0.6) is 0 Å². The highest BCUT2D eigenvalue weighted by molar-refractivity contribution is 8.18. The van der Waals surface area contributed by atoms with Gasteiger partial charge in [-0.3, -0.25) is 9.69 Å². The molecule has 5 heteroatoms. The first-order valence-electron chi connectivity index (χ1n) is 8.61. The maximum atomic E-state index is 12.8. The lowest BCUT2D eigenvalue weighted by Gasteiger charge is -2.13. The minimum atomic E-state index is 0.0406. The summed E-state index contributed by atoms with van der Waals surface area (Å²) in [5.74, 6) is 0.0406. The average Bonchev–Trinajstić information content (AvgIpc) is 3.17. The molecule has 2 aromatic rings. The Hall–Kier alpha value is -2.27. The standard InChI is InChI=1S/C20H23N3OS/c1-4-11-23-19(24)18(13-16-10-12-22(14-16)15(2)3)25-20(23)21-17-8-6-5-7-9-17/h5-10,12-15H,4,11H2,1-3H3/b18-13+,21-20?. The van der Waals surface area contributed by atoms with Gasteiger partial charge < -0.3 is 4.57 Å². The van der Waals surface area contributed by atoms with Crippen molar-refractivity contribution >= 4 is 34.6 Å². The summed E-state index contributed by atoms with van der Waals surface area (Å²) in [6.07, 6.45) is 6.98. The number of amidine groups is 1. The molecule has 0 atom stereocenters. The van der Waals surface area contributed by atoms with Gasteiger partial charge in [-0.05, 0) is 61.9 Å². The van der Waals surface area contributed by atoms with Crippen LogP contribution in [-0.4, -0.2) is 27.1 Å². The molecule has 1 fully saturated rings. The summed E-state index contributed by atoms with van der Waals surface area (Å²) in [6, 6.07) is 12.2. The second-order valence-corrected chi connectivity index (χ2v) is 7.29. The van der Waals surface area contributed by atoms with Crippen molar-refractivity contribution in [3.8, 4) is 0 Å². The topological polar surface area (TPSA) is 37.6 Å². The van der Waals surface area contributed by atoms with Crippen molar-refractivity contribution in [2.75, 3.05) is 6.54 Å². The van der Waals surface area contributed by atoms with Crippen molar-refractivity contribution < 1.29 is 4.79 Å². The molecule has 0 N–H and O–H groups in total. The van der Waals surface area contributed by atoms with Gasteiger partial charge in [0.2, 0.25) is 0 Å². The minimum absolute atomic E-state index is 0.0406.